The lowest BCUT2D eigenvalue weighted by molar-refractivity contribution is -0.138. The Morgan fingerprint density at radius 2 is 1.14 bits per heavy atom. The molecule has 154 valence electrons. The Morgan fingerprint density at radius 1 is 0.759 bits per heavy atom. The molecule has 3 rings (SSSR count). The summed E-state index contributed by atoms with van der Waals surface area (Å²) in [5, 5.41) is 4.12. The van der Waals surface area contributed by atoms with Crippen molar-refractivity contribution in [2.45, 2.75) is 30.2 Å². The second kappa shape index (κ2) is 7.40. The maximum absolute atomic E-state index is 12.9. The standard InChI is InChI=1S/C20H15ClF6N2/c1-13(29-12-2-11-28-29)18(21,14-3-7-16(8-4-14)19(22,23)24)15-5-9-17(10-6-15)20(25,26)27/h2-13H,1H3. The Morgan fingerprint density at radius 3 is 1.45 bits per heavy atom. The van der Waals surface area contributed by atoms with Crippen molar-refractivity contribution in [3.05, 3.63) is 89.2 Å². The summed E-state index contributed by atoms with van der Waals surface area (Å²) in [4.78, 5) is -1.46. The highest BCUT2D eigenvalue weighted by molar-refractivity contribution is 6.26. The molecule has 1 aromatic heterocycles. The van der Waals surface area contributed by atoms with Gasteiger partial charge in [-0.15, -0.1) is 11.6 Å². The summed E-state index contributed by atoms with van der Waals surface area (Å²) < 4.78 is 79.0. The van der Waals surface area contributed by atoms with E-state index in [0.717, 1.165) is 24.3 Å². The molecule has 1 unspecified atom stereocenters. The number of alkyl halides is 7. The zero-order valence-corrected chi connectivity index (χ0v) is 15.7. The summed E-state index contributed by atoms with van der Waals surface area (Å²) in [6, 6.07) is 9.53. The predicted octanol–water partition coefficient (Wildman–Crippen LogP) is 6.66. The highest BCUT2D eigenvalue weighted by Crippen LogP contribution is 2.46. The molecule has 0 amide bonds. The van der Waals surface area contributed by atoms with Crippen molar-refractivity contribution in [3.8, 4) is 0 Å². The molecule has 0 bridgehead atoms. The van der Waals surface area contributed by atoms with Crippen LogP contribution >= 0.6 is 11.6 Å². The third-order valence-corrected chi connectivity index (χ3v) is 5.51. The Bertz CT molecular complexity index is 887. The molecular formula is C20H15ClF6N2. The van der Waals surface area contributed by atoms with Gasteiger partial charge in [0.15, 0.2) is 0 Å². The van der Waals surface area contributed by atoms with Crippen molar-refractivity contribution in [3.63, 3.8) is 0 Å². The van der Waals surface area contributed by atoms with Gasteiger partial charge in [0.2, 0.25) is 0 Å². The fourth-order valence-corrected chi connectivity index (χ4v) is 3.50. The average molecular weight is 433 g/mol. The SMILES string of the molecule is CC(n1cccn1)C(Cl)(c1ccc(C(F)(F)F)cc1)c1ccc(C(F)(F)F)cc1. The maximum atomic E-state index is 12.9. The van der Waals surface area contributed by atoms with Gasteiger partial charge in [0.25, 0.3) is 0 Å². The average Bonchev–Trinajstić information content (AvgIpc) is 3.20. The molecule has 29 heavy (non-hydrogen) atoms. The van der Waals surface area contributed by atoms with Crippen LogP contribution in [0.2, 0.25) is 0 Å². The van der Waals surface area contributed by atoms with Crippen LogP contribution in [0.15, 0.2) is 67.0 Å². The number of benzene rings is 2. The Kier molecular flexibility index (Phi) is 5.42. The molecule has 2 nitrogen and oxygen atoms in total. The Balaban J connectivity index is 2.12. The minimum Gasteiger partial charge on any atom is -0.268 e. The molecule has 0 radical (unpaired) electrons. The van der Waals surface area contributed by atoms with Gasteiger partial charge in [-0.25, -0.2) is 0 Å². The fourth-order valence-electron chi connectivity index (χ4n) is 3.14. The summed E-state index contributed by atoms with van der Waals surface area (Å²) in [6.07, 6.45) is -5.91. The zero-order valence-electron chi connectivity index (χ0n) is 15.0. The lowest BCUT2D eigenvalue weighted by Crippen LogP contribution is -2.32. The van der Waals surface area contributed by atoms with Crippen molar-refractivity contribution in [2.75, 3.05) is 0 Å². The van der Waals surface area contributed by atoms with Crippen LogP contribution in [0.25, 0.3) is 0 Å². The van der Waals surface area contributed by atoms with Gasteiger partial charge in [0, 0.05) is 12.4 Å². The second-order valence-corrected chi connectivity index (χ2v) is 7.12. The first kappa shape index (κ1) is 21.2. The maximum Gasteiger partial charge on any atom is 0.416 e. The first-order valence-corrected chi connectivity index (χ1v) is 8.85. The summed E-state index contributed by atoms with van der Waals surface area (Å²) in [5.41, 5.74) is -1.09. The van der Waals surface area contributed by atoms with Crippen molar-refractivity contribution >= 4 is 11.6 Å². The summed E-state index contributed by atoms with van der Waals surface area (Å²) in [7, 11) is 0. The minimum atomic E-state index is -4.52. The zero-order chi connectivity index (χ0) is 21.4. The molecule has 3 aromatic rings. The lowest BCUT2D eigenvalue weighted by Gasteiger charge is -2.35. The van der Waals surface area contributed by atoms with Crippen LogP contribution in [-0.4, -0.2) is 9.78 Å². The fraction of sp³-hybridized carbons (Fsp3) is 0.250. The van der Waals surface area contributed by atoms with E-state index in [9.17, 15) is 26.3 Å². The smallest absolute Gasteiger partial charge is 0.268 e. The number of nitrogens with zero attached hydrogens (tertiary/aromatic N) is 2. The third kappa shape index (κ3) is 4.12. The summed E-state index contributed by atoms with van der Waals surface area (Å²) >= 11 is 6.94. The van der Waals surface area contributed by atoms with E-state index in [1.807, 2.05) is 0 Å². The first-order chi connectivity index (χ1) is 13.4. The molecule has 1 heterocycles. The van der Waals surface area contributed by atoms with Crippen LogP contribution in [0, 0.1) is 0 Å². The molecule has 0 saturated heterocycles. The molecule has 0 aliphatic rings. The van der Waals surface area contributed by atoms with E-state index in [4.69, 9.17) is 11.6 Å². The lowest BCUT2D eigenvalue weighted by atomic mass is 9.84. The van der Waals surface area contributed by atoms with Gasteiger partial charge in [-0.1, -0.05) is 24.3 Å². The number of aromatic nitrogens is 2. The molecule has 0 saturated carbocycles. The number of hydrogen-bond acceptors (Lipinski definition) is 1. The molecular weight excluding hydrogens is 418 g/mol. The summed E-state index contributed by atoms with van der Waals surface area (Å²) in [5.74, 6) is 0. The highest BCUT2D eigenvalue weighted by Gasteiger charge is 2.41. The van der Waals surface area contributed by atoms with Gasteiger partial charge in [-0.2, -0.15) is 31.4 Å². The number of hydrogen-bond donors (Lipinski definition) is 0. The van der Waals surface area contributed by atoms with Gasteiger partial charge in [0.1, 0.15) is 4.87 Å². The monoisotopic (exact) mass is 432 g/mol. The van der Waals surface area contributed by atoms with Crippen LogP contribution < -0.4 is 0 Å². The molecule has 0 fully saturated rings. The molecule has 0 aliphatic heterocycles. The van der Waals surface area contributed by atoms with Gasteiger partial charge >= 0.3 is 12.4 Å². The van der Waals surface area contributed by atoms with Crippen molar-refractivity contribution in [1.82, 2.24) is 9.78 Å². The van der Waals surface area contributed by atoms with Crippen LogP contribution in [0.4, 0.5) is 26.3 Å². The predicted molar refractivity (Wildman–Crippen MR) is 96.5 cm³/mol. The first-order valence-electron chi connectivity index (χ1n) is 8.47. The number of rotatable bonds is 4. The molecule has 9 heteroatoms. The van der Waals surface area contributed by atoms with E-state index in [1.165, 1.54) is 35.1 Å². The molecule has 0 aliphatic carbocycles. The van der Waals surface area contributed by atoms with E-state index in [0.29, 0.717) is 11.1 Å². The van der Waals surface area contributed by atoms with Gasteiger partial charge < -0.3 is 0 Å². The molecule has 0 N–H and O–H groups in total. The molecule has 0 spiro atoms. The van der Waals surface area contributed by atoms with Crippen LogP contribution in [0.1, 0.15) is 35.2 Å². The van der Waals surface area contributed by atoms with Gasteiger partial charge in [-0.05, 0) is 48.4 Å². The number of halogens is 7. The molecule has 1 atom stereocenters. The van der Waals surface area contributed by atoms with E-state index in [1.54, 1.807) is 19.2 Å². The Labute approximate surface area is 167 Å². The third-order valence-electron chi connectivity index (χ3n) is 4.76. The van der Waals surface area contributed by atoms with E-state index in [-0.39, 0.29) is 0 Å². The Hall–Kier alpha value is -2.48. The minimum absolute atomic E-state index is 0.301. The van der Waals surface area contributed by atoms with Gasteiger partial charge in [0.05, 0.1) is 17.2 Å². The van der Waals surface area contributed by atoms with E-state index >= 15 is 0 Å². The normalized spacial score (nSPS) is 14.1. The van der Waals surface area contributed by atoms with Crippen LogP contribution in [-0.2, 0) is 17.2 Å². The largest absolute Gasteiger partial charge is 0.416 e. The van der Waals surface area contributed by atoms with Gasteiger partial charge in [-0.3, -0.25) is 4.68 Å². The van der Waals surface area contributed by atoms with E-state index in [2.05, 4.69) is 5.10 Å². The summed E-state index contributed by atoms with van der Waals surface area (Å²) in [6.45, 7) is 1.69. The van der Waals surface area contributed by atoms with Crippen molar-refractivity contribution in [1.29, 1.82) is 0 Å². The molecule has 2 aromatic carbocycles. The topological polar surface area (TPSA) is 17.8 Å². The van der Waals surface area contributed by atoms with Crippen molar-refractivity contribution in [2.24, 2.45) is 0 Å². The second-order valence-electron chi connectivity index (χ2n) is 6.52. The van der Waals surface area contributed by atoms with E-state index < -0.39 is 34.4 Å². The van der Waals surface area contributed by atoms with Crippen LogP contribution in [0.3, 0.4) is 0 Å². The van der Waals surface area contributed by atoms with Crippen molar-refractivity contribution < 1.29 is 26.3 Å². The van der Waals surface area contributed by atoms with Crippen LogP contribution in [0.5, 0.6) is 0 Å². The highest BCUT2D eigenvalue weighted by atomic mass is 35.5. The quantitative estimate of drug-likeness (QED) is 0.333.